The van der Waals surface area contributed by atoms with Crippen LogP contribution < -0.4 is 29.3 Å². The van der Waals surface area contributed by atoms with Crippen molar-refractivity contribution < 1.29 is 23.7 Å². The van der Waals surface area contributed by atoms with Gasteiger partial charge in [0.2, 0.25) is 0 Å². The van der Waals surface area contributed by atoms with Crippen LogP contribution in [0.15, 0.2) is 63.5 Å². The molecule has 2 aromatic carbocycles. The van der Waals surface area contributed by atoms with Crippen LogP contribution in [0.1, 0.15) is 43.9 Å². The molecule has 0 bridgehead atoms. The Bertz CT molecular complexity index is 1620. The van der Waals surface area contributed by atoms with Gasteiger partial charge in [0, 0.05) is 24.3 Å². The van der Waals surface area contributed by atoms with Crippen molar-refractivity contribution in [3.8, 4) is 11.5 Å². The van der Waals surface area contributed by atoms with Crippen molar-refractivity contribution >= 4 is 29.1 Å². The summed E-state index contributed by atoms with van der Waals surface area (Å²) in [4.78, 5) is 35.2. The lowest BCUT2D eigenvalue weighted by molar-refractivity contribution is -0.139. The molecule has 0 spiro atoms. The van der Waals surface area contributed by atoms with Crippen LogP contribution in [0.2, 0.25) is 0 Å². The lowest BCUT2D eigenvalue weighted by Crippen LogP contribution is -2.40. The molecule has 1 atom stereocenters. The van der Waals surface area contributed by atoms with Gasteiger partial charge in [-0.1, -0.05) is 36.8 Å². The largest absolute Gasteiger partial charge is 0.497 e. The molecule has 0 unspecified atom stereocenters. The molecule has 1 fully saturated rings. The second-order valence-electron chi connectivity index (χ2n) is 9.71. The summed E-state index contributed by atoms with van der Waals surface area (Å²) in [6.07, 6.45) is 3.21. The number of rotatable bonds is 9. The number of carbonyl (C=O) groups is 1. The minimum Gasteiger partial charge on any atom is -0.497 e. The molecule has 9 nitrogen and oxygen atoms in total. The lowest BCUT2D eigenvalue weighted by atomic mass is 9.93. The summed E-state index contributed by atoms with van der Waals surface area (Å²) < 4.78 is 24.3. The molecular formula is C31H35N3O6S. The maximum atomic E-state index is 14.1. The first-order valence-electron chi connectivity index (χ1n) is 13.9. The van der Waals surface area contributed by atoms with E-state index in [0.717, 1.165) is 44.0 Å². The quantitative estimate of drug-likeness (QED) is 0.360. The van der Waals surface area contributed by atoms with E-state index < -0.39 is 12.0 Å². The Labute approximate surface area is 242 Å². The Kier molecular flexibility index (Phi) is 8.90. The minimum absolute atomic E-state index is 0.203. The van der Waals surface area contributed by atoms with E-state index in [9.17, 15) is 9.59 Å². The van der Waals surface area contributed by atoms with Crippen molar-refractivity contribution in [2.24, 2.45) is 4.99 Å². The second kappa shape index (κ2) is 12.7. The molecule has 3 aromatic rings. The number of aromatic nitrogens is 1. The highest BCUT2D eigenvalue weighted by Gasteiger charge is 2.36. The number of benzene rings is 2. The Balaban J connectivity index is 1.67. The van der Waals surface area contributed by atoms with Gasteiger partial charge in [-0.3, -0.25) is 9.36 Å². The number of morpholine rings is 1. The molecule has 216 valence electrons. The topological polar surface area (TPSA) is 91.6 Å². The molecule has 41 heavy (non-hydrogen) atoms. The summed E-state index contributed by atoms with van der Waals surface area (Å²) in [5.74, 6) is 0.617. The molecule has 5 rings (SSSR count). The van der Waals surface area contributed by atoms with Gasteiger partial charge in [0.05, 0.1) is 49.8 Å². The average molecular weight is 578 g/mol. The zero-order valence-corrected chi connectivity index (χ0v) is 24.7. The monoisotopic (exact) mass is 577 g/mol. The summed E-state index contributed by atoms with van der Waals surface area (Å²) in [7, 11) is 3.14. The maximum absolute atomic E-state index is 14.1. The summed E-state index contributed by atoms with van der Waals surface area (Å²) in [6.45, 7) is 7.14. The van der Waals surface area contributed by atoms with Crippen LogP contribution in [0.25, 0.3) is 6.08 Å². The third-order valence-electron chi connectivity index (χ3n) is 7.19. The number of ether oxygens (including phenoxy) is 4. The zero-order valence-electron chi connectivity index (χ0n) is 23.8. The predicted molar refractivity (Wildman–Crippen MR) is 159 cm³/mol. The van der Waals surface area contributed by atoms with Crippen molar-refractivity contribution in [1.29, 1.82) is 0 Å². The number of hydrogen-bond acceptors (Lipinski definition) is 9. The van der Waals surface area contributed by atoms with Crippen molar-refractivity contribution in [2.45, 2.75) is 32.7 Å². The minimum atomic E-state index is -0.789. The standard InChI is InChI=1S/C31H35N3O6S/c1-5-7-24-27(30(36)40-6-2)28(23-19-22(37-3)12-13-25(23)38-4)34-29(35)26(41-31(34)32-24)18-20-8-10-21(11-9-20)33-14-16-39-17-15-33/h8-13,18-19,28H,5-7,14-17H2,1-4H3/b26-18-/t28-/m1/s1. The molecule has 0 amide bonds. The van der Waals surface area contributed by atoms with E-state index in [-0.39, 0.29) is 12.2 Å². The summed E-state index contributed by atoms with van der Waals surface area (Å²) >= 11 is 1.31. The van der Waals surface area contributed by atoms with E-state index in [4.69, 9.17) is 23.9 Å². The fraction of sp³-hybridized carbons (Fsp3) is 0.387. The molecular weight excluding hydrogens is 542 g/mol. The Hall–Kier alpha value is -3.89. The number of methoxy groups -OCH3 is 2. The number of carbonyl (C=O) groups excluding carboxylic acids is 1. The van der Waals surface area contributed by atoms with E-state index in [0.29, 0.717) is 44.1 Å². The Morgan fingerprint density at radius 3 is 2.51 bits per heavy atom. The average Bonchev–Trinajstić information content (AvgIpc) is 3.31. The van der Waals surface area contributed by atoms with Gasteiger partial charge >= 0.3 is 5.97 Å². The van der Waals surface area contributed by atoms with Crippen LogP contribution in [0.4, 0.5) is 5.69 Å². The van der Waals surface area contributed by atoms with Crippen LogP contribution in [0.5, 0.6) is 11.5 Å². The highest BCUT2D eigenvalue weighted by atomic mass is 32.1. The van der Waals surface area contributed by atoms with E-state index in [1.54, 1.807) is 43.9 Å². The van der Waals surface area contributed by atoms with Gasteiger partial charge in [0.25, 0.3) is 5.56 Å². The van der Waals surface area contributed by atoms with E-state index >= 15 is 0 Å². The van der Waals surface area contributed by atoms with Crippen molar-refractivity contribution in [3.05, 3.63) is 84.5 Å². The number of thiazole rings is 1. The van der Waals surface area contributed by atoms with Crippen LogP contribution in [-0.2, 0) is 14.3 Å². The number of fused-ring (bicyclic) bond motifs is 1. The van der Waals surface area contributed by atoms with Gasteiger partial charge < -0.3 is 23.8 Å². The second-order valence-corrected chi connectivity index (χ2v) is 10.7. The van der Waals surface area contributed by atoms with E-state index in [2.05, 4.69) is 17.0 Å². The molecule has 1 saturated heterocycles. The molecule has 0 N–H and O–H groups in total. The van der Waals surface area contributed by atoms with Gasteiger partial charge in [-0.05, 0) is 55.3 Å². The number of hydrogen-bond donors (Lipinski definition) is 0. The fourth-order valence-electron chi connectivity index (χ4n) is 5.22. The molecule has 0 radical (unpaired) electrons. The molecule has 10 heteroatoms. The number of nitrogens with zero attached hydrogens (tertiary/aromatic N) is 3. The first-order valence-corrected chi connectivity index (χ1v) is 14.7. The number of allylic oxidation sites excluding steroid dienone is 1. The Morgan fingerprint density at radius 1 is 1.10 bits per heavy atom. The van der Waals surface area contributed by atoms with Crippen molar-refractivity contribution in [1.82, 2.24) is 4.57 Å². The SMILES string of the molecule is CCCC1=C(C(=O)OCC)[C@@H](c2cc(OC)ccc2OC)n2c(s/c(=C\c3ccc(N4CCOCC4)cc3)c2=O)=N1. The van der Waals surface area contributed by atoms with Gasteiger partial charge in [0.15, 0.2) is 4.80 Å². The van der Waals surface area contributed by atoms with Crippen LogP contribution in [0, 0.1) is 0 Å². The van der Waals surface area contributed by atoms with Gasteiger partial charge in [-0.2, -0.15) is 0 Å². The summed E-state index contributed by atoms with van der Waals surface area (Å²) in [5, 5.41) is 0. The van der Waals surface area contributed by atoms with E-state index in [1.165, 1.54) is 11.3 Å². The summed E-state index contributed by atoms with van der Waals surface area (Å²) in [5.41, 5.74) is 3.37. The van der Waals surface area contributed by atoms with Crippen LogP contribution in [-0.4, -0.2) is 57.7 Å². The third-order valence-corrected chi connectivity index (χ3v) is 8.17. The third kappa shape index (κ3) is 5.80. The highest BCUT2D eigenvalue weighted by molar-refractivity contribution is 7.07. The van der Waals surface area contributed by atoms with E-state index in [1.807, 2.05) is 25.1 Å². The Morgan fingerprint density at radius 2 is 1.85 bits per heavy atom. The van der Waals surface area contributed by atoms with Crippen LogP contribution >= 0.6 is 11.3 Å². The molecule has 2 aliphatic heterocycles. The maximum Gasteiger partial charge on any atom is 0.338 e. The highest BCUT2D eigenvalue weighted by Crippen LogP contribution is 2.38. The molecule has 3 heterocycles. The van der Waals surface area contributed by atoms with Gasteiger partial charge in [-0.25, -0.2) is 9.79 Å². The van der Waals surface area contributed by atoms with Crippen LogP contribution in [0.3, 0.4) is 0 Å². The molecule has 0 saturated carbocycles. The normalized spacial score (nSPS) is 17.2. The smallest absolute Gasteiger partial charge is 0.338 e. The molecule has 0 aliphatic carbocycles. The molecule has 2 aliphatic rings. The molecule has 1 aromatic heterocycles. The van der Waals surface area contributed by atoms with Crippen molar-refractivity contribution in [2.75, 3.05) is 52.0 Å². The van der Waals surface area contributed by atoms with Crippen molar-refractivity contribution in [3.63, 3.8) is 0 Å². The summed E-state index contributed by atoms with van der Waals surface area (Å²) in [6, 6.07) is 12.7. The number of esters is 1. The fourth-order valence-corrected chi connectivity index (χ4v) is 6.24. The number of anilines is 1. The predicted octanol–water partition coefficient (Wildman–Crippen LogP) is 3.43. The van der Waals surface area contributed by atoms with Gasteiger partial charge in [-0.15, -0.1) is 0 Å². The first kappa shape index (κ1) is 28.6. The van der Waals surface area contributed by atoms with Gasteiger partial charge in [0.1, 0.15) is 17.5 Å². The lowest BCUT2D eigenvalue weighted by Gasteiger charge is -2.28. The first-order chi connectivity index (χ1) is 20.0. The zero-order chi connectivity index (χ0) is 28.9.